The summed E-state index contributed by atoms with van der Waals surface area (Å²) in [4.78, 5) is 24.5. The van der Waals surface area contributed by atoms with Gasteiger partial charge in [0, 0.05) is 21.7 Å². The van der Waals surface area contributed by atoms with Gasteiger partial charge in [-0.15, -0.1) is 0 Å². The number of nitrogens with zero attached hydrogens (tertiary/aromatic N) is 1. The summed E-state index contributed by atoms with van der Waals surface area (Å²) in [5.74, 6) is -2.08. The molecule has 0 amide bonds. The van der Waals surface area contributed by atoms with Crippen molar-refractivity contribution in [2.24, 2.45) is 0 Å². The average molecular weight is 358 g/mol. The van der Waals surface area contributed by atoms with Crippen LogP contribution in [0.4, 0.5) is 0 Å². The van der Waals surface area contributed by atoms with Crippen LogP contribution < -0.4 is 0 Å². The van der Waals surface area contributed by atoms with Crippen LogP contribution in [0, 0.1) is 6.92 Å². The minimum atomic E-state index is -0.996. The summed E-state index contributed by atoms with van der Waals surface area (Å²) in [5, 5.41) is 20.3. The molecule has 1 aromatic heterocycles. The highest BCUT2D eigenvalue weighted by molar-refractivity contribution is 6.30. The van der Waals surface area contributed by atoms with Crippen LogP contribution in [0.25, 0.3) is 10.9 Å². The van der Waals surface area contributed by atoms with Gasteiger partial charge >= 0.3 is 5.97 Å². The minimum absolute atomic E-state index is 0.0161. The topological polar surface area (TPSA) is 79.5 Å². The Morgan fingerprint density at radius 2 is 1.76 bits per heavy atom. The first-order valence-electron chi connectivity index (χ1n) is 7.68. The number of benzene rings is 2. The van der Waals surface area contributed by atoms with Gasteiger partial charge in [-0.05, 0) is 61.9 Å². The Labute approximate surface area is 149 Å². The molecule has 3 aromatic rings. The van der Waals surface area contributed by atoms with Gasteiger partial charge in [-0.2, -0.15) is 0 Å². The van der Waals surface area contributed by atoms with Crippen LogP contribution in [0.3, 0.4) is 0 Å². The van der Waals surface area contributed by atoms with Crippen molar-refractivity contribution >= 4 is 34.4 Å². The van der Waals surface area contributed by atoms with Gasteiger partial charge in [0.2, 0.25) is 0 Å². The molecule has 0 aliphatic carbocycles. The van der Waals surface area contributed by atoms with Crippen LogP contribution in [-0.2, 0) is 4.79 Å². The minimum Gasteiger partial charge on any atom is -0.508 e. The number of aromatic nitrogens is 1. The number of carbonyl (C=O) groups is 2. The van der Waals surface area contributed by atoms with E-state index in [1.165, 1.54) is 16.7 Å². The maximum Gasteiger partial charge on any atom is 0.310 e. The second-order valence-electron chi connectivity index (χ2n) is 5.91. The molecule has 25 heavy (non-hydrogen) atoms. The molecule has 0 aliphatic rings. The van der Waals surface area contributed by atoms with Crippen molar-refractivity contribution in [3.05, 3.63) is 64.3 Å². The third kappa shape index (κ3) is 2.87. The molecule has 0 fully saturated rings. The zero-order chi connectivity index (χ0) is 18.3. The number of hydrogen-bond acceptors (Lipinski definition) is 3. The molecule has 3 rings (SSSR count). The fraction of sp³-hybridized carbons (Fsp3) is 0.158. The lowest BCUT2D eigenvalue weighted by Gasteiger charge is -2.09. The van der Waals surface area contributed by atoms with Gasteiger partial charge in [0.15, 0.2) is 0 Å². The highest BCUT2D eigenvalue weighted by Gasteiger charge is 2.26. The van der Waals surface area contributed by atoms with Crippen LogP contribution in [0.15, 0.2) is 42.5 Å². The molecule has 1 atom stereocenters. The molecule has 0 spiro atoms. The molecule has 0 radical (unpaired) electrons. The number of carbonyl (C=O) groups excluding carboxylic acids is 1. The number of fused-ring (bicyclic) bond motifs is 1. The molecule has 2 N–H and O–H groups in total. The molecule has 0 aliphatic heterocycles. The normalized spacial score (nSPS) is 12.3. The molecule has 1 heterocycles. The lowest BCUT2D eigenvalue weighted by molar-refractivity contribution is -0.138. The summed E-state index contributed by atoms with van der Waals surface area (Å²) in [6.07, 6.45) is 0. The molecule has 0 bridgehead atoms. The van der Waals surface area contributed by atoms with E-state index in [1.54, 1.807) is 44.2 Å². The van der Waals surface area contributed by atoms with Gasteiger partial charge in [-0.25, -0.2) is 0 Å². The standard InChI is InChI=1S/C19H16ClNO4/c1-10(19(24)25)17-11(2)21(16-8-7-14(22)9-15(16)17)18(23)12-3-5-13(20)6-4-12/h3-10,22H,1-2H3,(H,24,25)/t10-/m1/s1. The third-order valence-electron chi connectivity index (χ3n) is 4.33. The number of phenolic OH excluding ortho intramolecular Hbond substituents is 1. The summed E-state index contributed by atoms with van der Waals surface area (Å²) in [5.41, 5.74) is 2.04. The van der Waals surface area contributed by atoms with Crippen LogP contribution >= 0.6 is 11.6 Å². The Balaban J connectivity index is 2.28. The van der Waals surface area contributed by atoms with E-state index in [4.69, 9.17) is 11.6 Å². The molecular formula is C19H16ClNO4. The number of rotatable bonds is 3. The van der Waals surface area contributed by atoms with E-state index in [-0.39, 0.29) is 11.7 Å². The van der Waals surface area contributed by atoms with Gasteiger partial charge in [-0.1, -0.05) is 11.6 Å². The first-order valence-corrected chi connectivity index (χ1v) is 8.06. The number of halogens is 1. The molecule has 6 heteroatoms. The van der Waals surface area contributed by atoms with Crippen LogP contribution in [0.5, 0.6) is 5.75 Å². The molecule has 2 aromatic carbocycles. The molecule has 0 saturated heterocycles. The van der Waals surface area contributed by atoms with Gasteiger partial charge in [0.1, 0.15) is 5.75 Å². The van der Waals surface area contributed by atoms with Gasteiger partial charge < -0.3 is 10.2 Å². The zero-order valence-corrected chi connectivity index (χ0v) is 14.4. The van der Waals surface area contributed by atoms with E-state index in [9.17, 15) is 19.8 Å². The summed E-state index contributed by atoms with van der Waals surface area (Å²) in [6.45, 7) is 3.27. The second-order valence-corrected chi connectivity index (χ2v) is 6.34. The van der Waals surface area contributed by atoms with Crippen molar-refractivity contribution in [2.45, 2.75) is 19.8 Å². The number of phenols is 1. The predicted octanol–water partition coefficient (Wildman–Crippen LogP) is 4.19. The predicted molar refractivity (Wildman–Crippen MR) is 95.6 cm³/mol. The van der Waals surface area contributed by atoms with Gasteiger partial charge in [0.05, 0.1) is 11.4 Å². The average Bonchev–Trinajstić information content (AvgIpc) is 2.85. The van der Waals surface area contributed by atoms with E-state index in [2.05, 4.69) is 0 Å². The number of carboxylic acid groups (broad SMARTS) is 1. The molecule has 5 nitrogen and oxygen atoms in total. The van der Waals surface area contributed by atoms with Crippen LogP contribution in [0.1, 0.15) is 34.5 Å². The lowest BCUT2D eigenvalue weighted by atomic mass is 9.98. The Hall–Kier alpha value is -2.79. The van der Waals surface area contributed by atoms with Crippen molar-refractivity contribution < 1.29 is 19.8 Å². The second kappa shape index (κ2) is 6.26. The molecular weight excluding hydrogens is 342 g/mol. The van der Waals surface area contributed by atoms with Gasteiger partial charge in [-0.3, -0.25) is 14.2 Å². The van der Waals surface area contributed by atoms with Crippen molar-refractivity contribution in [3.63, 3.8) is 0 Å². The smallest absolute Gasteiger partial charge is 0.310 e. The Morgan fingerprint density at radius 3 is 2.36 bits per heavy atom. The van der Waals surface area contributed by atoms with E-state index < -0.39 is 11.9 Å². The highest BCUT2D eigenvalue weighted by Crippen LogP contribution is 2.34. The largest absolute Gasteiger partial charge is 0.508 e. The maximum atomic E-state index is 13.0. The van der Waals surface area contributed by atoms with Crippen molar-refractivity contribution in [3.8, 4) is 5.75 Å². The molecule has 0 saturated carbocycles. The quantitative estimate of drug-likeness (QED) is 0.736. The zero-order valence-electron chi connectivity index (χ0n) is 13.7. The van der Waals surface area contributed by atoms with Crippen molar-refractivity contribution in [1.29, 1.82) is 0 Å². The van der Waals surface area contributed by atoms with E-state index in [1.807, 2.05) is 0 Å². The first kappa shape index (κ1) is 17.0. The Kier molecular flexibility index (Phi) is 4.27. The van der Waals surface area contributed by atoms with Crippen molar-refractivity contribution in [1.82, 2.24) is 4.57 Å². The fourth-order valence-corrected chi connectivity index (χ4v) is 3.21. The highest BCUT2D eigenvalue weighted by atomic mass is 35.5. The van der Waals surface area contributed by atoms with Crippen LogP contribution in [-0.4, -0.2) is 26.7 Å². The monoisotopic (exact) mass is 357 g/mol. The van der Waals surface area contributed by atoms with E-state index in [0.29, 0.717) is 32.7 Å². The van der Waals surface area contributed by atoms with Crippen molar-refractivity contribution in [2.75, 3.05) is 0 Å². The number of aliphatic carboxylic acids is 1. The molecule has 128 valence electrons. The Morgan fingerprint density at radius 1 is 1.12 bits per heavy atom. The fourth-order valence-electron chi connectivity index (χ4n) is 3.08. The van der Waals surface area contributed by atoms with E-state index >= 15 is 0 Å². The van der Waals surface area contributed by atoms with E-state index in [0.717, 1.165) is 0 Å². The molecule has 0 unspecified atom stereocenters. The summed E-state index contributed by atoms with van der Waals surface area (Å²) >= 11 is 5.88. The van der Waals surface area contributed by atoms with Crippen LogP contribution in [0.2, 0.25) is 5.02 Å². The SMILES string of the molecule is Cc1c([C@@H](C)C(=O)O)c2cc(O)ccc2n1C(=O)c1ccc(Cl)cc1. The lowest BCUT2D eigenvalue weighted by Crippen LogP contribution is -2.15. The number of hydrogen-bond donors (Lipinski definition) is 2. The first-order chi connectivity index (χ1) is 11.8. The summed E-state index contributed by atoms with van der Waals surface area (Å²) in [7, 11) is 0. The third-order valence-corrected chi connectivity index (χ3v) is 4.59. The maximum absolute atomic E-state index is 13.0. The summed E-state index contributed by atoms with van der Waals surface area (Å²) in [6, 6.07) is 11.1. The summed E-state index contributed by atoms with van der Waals surface area (Å²) < 4.78 is 1.48. The Bertz CT molecular complexity index is 989. The van der Waals surface area contributed by atoms with Gasteiger partial charge in [0.25, 0.3) is 5.91 Å². The number of aromatic hydroxyl groups is 1. The number of carboxylic acids is 1.